The monoisotopic (exact) mass is 403 g/mol. The van der Waals surface area contributed by atoms with Gasteiger partial charge in [0.05, 0.1) is 6.10 Å². The van der Waals surface area contributed by atoms with E-state index in [1.54, 1.807) is 0 Å². The van der Waals surface area contributed by atoms with E-state index >= 15 is 0 Å². The van der Waals surface area contributed by atoms with Crippen molar-refractivity contribution in [3.05, 3.63) is 22.6 Å². The molecular formula is C20H26BrN3O. The van der Waals surface area contributed by atoms with Crippen LogP contribution in [-0.2, 0) is 0 Å². The highest BCUT2D eigenvalue weighted by Crippen LogP contribution is 2.49. The molecule has 0 radical (unpaired) electrons. The Kier molecular flexibility index (Phi) is 4.03. The maximum absolute atomic E-state index is 6.54. The first-order chi connectivity index (χ1) is 12.2. The molecule has 4 nitrogen and oxygen atoms in total. The average molecular weight is 404 g/mol. The molecule has 0 saturated heterocycles. The van der Waals surface area contributed by atoms with Crippen molar-refractivity contribution < 1.29 is 4.74 Å². The number of ether oxygens (including phenoxy) is 1. The van der Waals surface area contributed by atoms with Crippen molar-refractivity contribution in [1.29, 1.82) is 0 Å². The second kappa shape index (κ2) is 6.26. The van der Waals surface area contributed by atoms with E-state index in [0.29, 0.717) is 17.4 Å². The fourth-order valence-electron chi connectivity index (χ4n) is 5.01. The SMILES string of the molecule is Brc1nnc2cc(OC3CCC4(CCCCC4)CC3)c(C3CC3)cn12. The first-order valence-electron chi connectivity index (χ1n) is 9.93. The summed E-state index contributed by atoms with van der Waals surface area (Å²) in [5.74, 6) is 1.71. The molecule has 0 N–H and O–H groups in total. The summed E-state index contributed by atoms with van der Waals surface area (Å²) in [5.41, 5.74) is 2.86. The van der Waals surface area contributed by atoms with Gasteiger partial charge in [0.25, 0.3) is 0 Å². The van der Waals surface area contributed by atoms with Crippen molar-refractivity contribution in [2.75, 3.05) is 0 Å². The van der Waals surface area contributed by atoms with Crippen LogP contribution in [-0.4, -0.2) is 20.7 Å². The summed E-state index contributed by atoms with van der Waals surface area (Å²) >= 11 is 3.48. The Morgan fingerprint density at radius 1 is 1.00 bits per heavy atom. The van der Waals surface area contributed by atoms with Crippen LogP contribution in [0.25, 0.3) is 5.65 Å². The fourth-order valence-corrected chi connectivity index (χ4v) is 5.37. The van der Waals surface area contributed by atoms with E-state index in [1.807, 2.05) is 4.40 Å². The molecule has 3 fully saturated rings. The predicted molar refractivity (Wildman–Crippen MR) is 101 cm³/mol. The van der Waals surface area contributed by atoms with Crippen molar-refractivity contribution in [3.8, 4) is 5.75 Å². The van der Waals surface area contributed by atoms with Crippen LogP contribution < -0.4 is 4.74 Å². The predicted octanol–water partition coefficient (Wildman–Crippen LogP) is 5.64. The zero-order valence-electron chi connectivity index (χ0n) is 14.7. The molecule has 0 atom stereocenters. The first kappa shape index (κ1) is 16.1. The summed E-state index contributed by atoms with van der Waals surface area (Å²) in [6.45, 7) is 0. The van der Waals surface area contributed by atoms with Crippen molar-refractivity contribution in [2.45, 2.75) is 82.7 Å². The van der Waals surface area contributed by atoms with Crippen LogP contribution in [0.5, 0.6) is 5.75 Å². The quantitative estimate of drug-likeness (QED) is 0.665. The van der Waals surface area contributed by atoms with Gasteiger partial charge < -0.3 is 4.74 Å². The lowest BCUT2D eigenvalue weighted by Gasteiger charge is -2.43. The van der Waals surface area contributed by atoms with E-state index in [4.69, 9.17) is 4.74 Å². The largest absolute Gasteiger partial charge is 0.490 e. The number of fused-ring (bicyclic) bond motifs is 1. The normalized spacial score (nSPS) is 24.0. The van der Waals surface area contributed by atoms with Crippen molar-refractivity contribution in [3.63, 3.8) is 0 Å². The van der Waals surface area contributed by atoms with Gasteiger partial charge in [0.2, 0.25) is 4.73 Å². The van der Waals surface area contributed by atoms with Crippen LogP contribution in [0, 0.1) is 5.41 Å². The standard InChI is InChI=1S/C20H26BrN3O/c21-19-23-22-18-12-17(16(13-24(18)19)14-4-5-14)25-15-6-10-20(11-7-15)8-2-1-3-9-20/h12-15H,1-11H2. The Hall–Kier alpha value is -1.10. The van der Waals surface area contributed by atoms with Gasteiger partial charge in [-0.2, -0.15) is 0 Å². The molecule has 5 heteroatoms. The summed E-state index contributed by atoms with van der Waals surface area (Å²) in [7, 11) is 0. The third-order valence-electron chi connectivity index (χ3n) is 6.71. The summed E-state index contributed by atoms with van der Waals surface area (Å²) in [6, 6.07) is 2.09. The highest BCUT2D eigenvalue weighted by atomic mass is 79.9. The number of rotatable bonds is 3. The number of hydrogen-bond acceptors (Lipinski definition) is 3. The van der Waals surface area contributed by atoms with Crippen molar-refractivity contribution in [2.24, 2.45) is 5.41 Å². The smallest absolute Gasteiger partial charge is 0.204 e. The van der Waals surface area contributed by atoms with E-state index in [-0.39, 0.29) is 0 Å². The molecule has 5 rings (SSSR count). The third-order valence-corrected chi connectivity index (χ3v) is 7.25. The zero-order valence-corrected chi connectivity index (χ0v) is 16.3. The van der Waals surface area contributed by atoms with E-state index < -0.39 is 0 Å². The lowest BCUT2D eigenvalue weighted by molar-refractivity contribution is 0.0519. The molecule has 2 aromatic heterocycles. The number of aromatic nitrogens is 3. The fraction of sp³-hybridized carbons (Fsp3) is 0.700. The Morgan fingerprint density at radius 3 is 2.48 bits per heavy atom. The topological polar surface area (TPSA) is 39.4 Å². The lowest BCUT2D eigenvalue weighted by Crippen LogP contribution is -2.34. The number of hydrogen-bond donors (Lipinski definition) is 0. The molecule has 0 aromatic carbocycles. The number of halogens is 1. The minimum absolute atomic E-state index is 0.374. The molecule has 0 amide bonds. The molecule has 0 aliphatic heterocycles. The van der Waals surface area contributed by atoms with Crippen molar-refractivity contribution >= 4 is 21.6 Å². The van der Waals surface area contributed by atoms with Gasteiger partial charge in [-0.1, -0.05) is 19.3 Å². The Balaban J connectivity index is 1.35. The maximum atomic E-state index is 6.54. The zero-order chi connectivity index (χ0) is 16.9. The van der Waals surface area contributed by atoms with Gasteiger partial charge in [0, 0.05) is 17.8 Å². The summed E-state index contributed by atoms with van der Waals surface area (Å²) in [4.78, 5) is 0. The molecule has 134 valence electrons. The molecule has 1 spiro atoms. The van der Waals surface area contributed by atoms with E-state index in [2.05, 4.69) is 38.4 Å². The third kappa shape index (κ3) is 3.09. The van der Waals surface area contributed by atoms with Gasteiger partial charge in [-0.15, -0.1) is 10.2 Å². The van der Waals surface area contributed by atoms with Crippen molar-refractivity contribution in [1.82, 2.24) is 14.6 Å². The van der Waals surface area contributed by atoms with E-state index in [1.165, 1.54) is 76.2 Å². The highest BCUT2D eigenvalue weighted by molar-refractivity contribution is 9.10. The van der Waals surface area contributed by atoms with Gasteiger partial charge in [-0.05, 0) is 78.6 Å². The Labute approximate surface area is 157 Å². The second-order valence-corrected chi connectivity index (χ2v) is 9.15. The molecule has 3 aliphatic rings. The lowest BCUT2D eigenvalue weighted by atomic mass is 9.65. The average Bonchev–Trinajstić information content (AvgIpc) is 3.42. The second-order valence-electron chi connectivity index (χ2n) is 8.44. The van der Waals surface area contributed by atoms with Gasteiger partial charge in [0.1, 0.15) is 5.75 Å². The maximum Gasteiger partial charge on any atom is 0.204 e. The van der Waals surface area contributed by atoms with Gasteiger partial charge >= 0.3 is 0 Å². The van der Waals surface area contributed by atoms with Gasteiger partial charge in [0.15, 0.2) is 5.65 Å². The van der Waals surface area contributed by atoms with Crippen LogP contribution in [0.3, 0.4) is 0 Å². The van der Waals surface area contributed by atoms with Crippen LogP contribution >= 0.6 is 15.9 Å². The van der Waals surface area contributed by atoms with Crippen LogP contribution in [0.2, 0.25) is 0 Å². The minimum atomic E-state index is 0.374. The Morgan fingerprint density at radius 2 is 1.76 bits per heavy atom. The van der Waals surface area contributed by atoms with E-state index in [0.717, 1.165) is 16.1 Å². The molecule has 25 heavy (non-hydrogen) atoms. The highest BCUT2D eigenvalue weighted by Gasteiger charge is 2.37. The number of nitrogens with zero attached hydrogens (tertiary/aromatic N) is 3. The molecule has 3 aliphatic carbocycles. The summed E-state index contributed by atoms with van der Waals surface area (Å²) in [5, 5.41) is 8.38. The Bertz CT molecular complexity index is 767. The van der Waals surface area contributed by atoms with Gasteiger partial charge in [-0.25, -0.2) is 0 Å². The van der Waals surface area contributed by atoms with Crippen LogP contribution in [0.1, 0.15) is 82.1 Å². The molecule has 3 saturated carbocycles. The molecule has 2 heterocycles. The molecular weight excluding hydrogens is 378 g/mol. The van der Waals surface area contributed by atoms with Gasteiger partial charge in [-0.3, -0.25) is 4.40 Å². The summed E-state index contributed by atoms with van der Waals surface area (Å²) < 4.78 is 9.34. The molecule has 0 unspecified atom stereocenters. The first-order valence-corrected chi connectivity index (χ1v) is 10.7. The molecule has 0 bridgehead atoms. The van der Waals surface area contributed by atoms with Crippen LogP contribution in [0.4, 0.5) is 0 Å². The number of pyridine rings is 1. The van der Waals surface area contributed by atoms with E-state index in [9.17, 15) is 0 Å². The minimum Gasteiger partial charge on any atom is -0.490 e. The van der Waals surface area contributed by atoms with Crippen LogP contribution in [0.15, 0.2) is 17.0 Å². The molecule has 2 aromatic rings. The summed E-state index contributed by atoms with van der Waals surface area (Å²) in [6.07, 6.45) is 17.5.